The third kappa shape index (κ3) is 4.13. The summed E-state index contributed by atoms with van der Waals surface area (Å²) in [7, 11) is 4.85. The summed E-state index contributed by atoms with van der Waals surface area (Å²) < 4.78 is 11.1. The highest BCUT2D eigenvalue weighted by atomic mass is 16.5. The van der Waals surface area contributed by atoms with E-state index in [0.29, 0.717) is 23.6 Å². The zero-order valence-corrected chi connectivity index (χ0v) is 20.8. The van der Waals surface area contributed by atoms with Crippen molar-refractivity contribution < 1.29 is 14.3 Å². The van der Waals surface area contributed by atoms with Crippen LogP contribution in [0.3, 0.4) is 0 Å². The van der Waals surface area contributed by atoms with Crippen molar-refractivity contribution in [3.8, 4) is 22.6 Å². The number of hydrazone groups is 1. The third-order valence-corrected chi connectivity index (χ3v) is 6.56. The lowest BCUT2D eigenvalue weighted by molar-refractivity contribution is 0.184. The SMILES string of the molecule is CNC(=O)N1N=C(c2ccc(-c3cncc4ccccc34)cc2)c2cc(OC)c(OC)cc2CC1C. The first-order chi connectivity index (χ1) is 17.5. The van der Waals surface area contributed by atoms with E-state index in [4.69, 9.17) is 14.6 Å². The summed E-state index contributed by atoms with van der Waals surface area (Å²) >= 11 is 0. The number of fused-ring (bicyclic) bond motifs is 2. The molecule has 1 aromatic heterocycles. The van der Waals surface area contributed by atoms with Crippen LogP contribution in [0.2, 0.25) is 0 Å². The molecule has 0 saturated heterocycles. The number of ether oxygens (including phenoxy) is 2. The number of urea groups is 1. The molecule has 1 atom stereocenters. The van der Waals surface area contributed by atoms with Crippen LogP contribution in [-0.4, -0.2) is 49.0 Å². The molecule has 1 aliphatic heterocycles. The van der Waals surface area contributed by atoms with Crippen molar-refractivity contribution in [3.63, 3.8) is 0 Å². The number of hydrogen-bond donors (Lipinski definition) is 1. The highest BCUT2D eigenvalue weighted by molar-refractivity contribution is 6.14. The van der Waals surface area contributed by atoms with Crippen molar-refractivity contribution in [2.24, 2.45) is 5.10 Å². The van der Waals surface area contributed by atoms with Gasteiger partial charge in [-0.3, -0.25) is 4.98 Å². The Kier molecular flexibility index (Phi) is 6.29. The lowest BCUT2D eigenvalue weighted by atomic mass is 9.92. The molecule has 4 aromatic rings. The van der Waals surface area contributed by atoms with Crippen molar-refractivity contribution in [1.29, 1.82) is 0 Å². The predicted octanol–water partition coefficient (Wildman–Crippen LogP) is 5.26. The van der Waals surface area contributed by atoms with Gasteiger partial charge in [0.15, 0.2) is 11.5 Å². The average Bonchev–Trinajstić information content (AvgIpc) is 3.07. The summed E-state index contributed by atoms with van der Waals surface area (Å²) in [5.41, 5.74) is 5.65. The van der Waals surface area contributed by atoms with Crippen LogP contribution in [0.4, 0.5) is 4.79 Å². The Hall–Kier alpha value is -4.39. The summed E-state index contributed by atoms with van der Waals surface area (Å²) in [5.74, 6) is 1.26. The summed E-state index contributed by atoms with van der Waals surface area (Å²) in [6, 6.07) is 19.9. The summed E-state index contributed by atoms with van der Waals surface area (Å²) in [6.07, 6.45) is 4.39. The number of nitrogens with one attached hydrogen (secondary N) is 1. The monoisotopic (exact) mass is 480 g/mol. The quantitative estimate of drug-likeness (QED) is 0.432. The van der Waals surface area contributed by atoms with Gasteiger partial charge in [0, 0.05) is 41.5 Å². The molecule has 0 aliphatic carbocycles. The average molecular weight is 481 g/mol. The Morgan fingerprint density at radius 1 is 0.944 bits per heavy atom. The van der Waals surface area contributed by atoms with E-state index in [2.05, 4.69) is 34.6 Å². The summed E-state index contributed by atoms with van der Waals surface area (Å²) in [6.45, 7) is 1.98. The fourth-order valence-electron chi connectivity index (χ4n) is 4.70. The molecule has 0 bridgehead atoms. The van der Waals surface area contributed by atoms with Gasteiger partial charge in [0.25, 0.3) is 0 Å². The number of amides is 2. The predicted molar refractivity (Wildman–Crippen MR) is 142 cm³/mol. The lowest BCUT2D eigenvalue weighted by Gasteiger charge is -2.22. The molecule has 1 aliphatic rings. The minimum Gasteiger partial charge on any atom is -0.493 e. The maximum atomic E-state index is 12.7. The number of rotatable bonds is 4. The van der Waals surface area contributed by atoms with Gasteiger partial charge >= 0.3 is 6.03 Å². The zero-order valence-electron chi connectivity index (χ0n) is 20.8. The summed E-state index contributed by atoms with van der Waals surface area (Å²) in [4.78, 5) is 17.1. The van der Waals surface area contributed by atoms with E-state index in [9.17, 15) is 4.79 Å². The standard InChI is InChI=1S/C29H28N4O3/c1-18-13-22-14-26(35-3)27(36-4)15-24(22)28(32-33(18)29(34)30-2)20-11-9-19(10-12-20)25-17-31-16-21-7-5-6-8-23(21)25/h5-12,14-18H,13H2,1-4H3,(H,30,34). The first kappa shape index (κ1) is 23.4. The smallest absolute Gasteiger partial charge is 0.337 e. The second-order valence-electron chi connectivity index (χ2n) is 8.75. The fraction of sp³-hybridized carbons (Fsp3) is 0.207. The van der Waals surface area contributed by atoms with Crippen molar-refractivity contribution in [3.05, 3.63) is 89.7 Å². The molecule has 1 unspecified atom stereocenters. The van der Waals surface area contributed by atoms with Gasteiger partial charge in [-0.15, -0.1) is 0 Å². The first-order valence-corrected chi connectivity index (χ1v) is 11.8. The van der Waals surface area contributed by atoms with Crippen LogP contribution >= 0.6 is 0 Å². The number of benzene rings is 3. The molecule has 7 heteroatoms. The highest BCUT2D eigenvalue weighted by Crippen LogP contribution is 2.35. The van der Waals surface area contributed by atoms with Crippen molar-refractivity contribution in [2.45, 2.75) is 19.4 Å². The topological polar surface area (TPSA) is 76.1 Å². The Bertz CT molecular complexity index is 1460. The molecular weight excluding hydrogens is 452 g/mol. The van der Waals surface area contributed by atoms with Crippen LogP contribution in [0, 0.1) is 0 Å². The zero-order chi connectivity index (χ0) is 25.2. The molecule has 1 N–H and O–H groups in total. The van der Waals surface area contributed by atoms with Gasteiger partial charge < -0.3 is 14.8 Å². The molecular formula is C29H28N4O3. The molecule has 2 amide bonds. The van der Waals surface area contributed by atoms with Gasteiger partial charge in [-0.1, -0.05) is 48.5 Å². The van der Waals surface area contributed by atoms with E-state index in [1.165, 1.54) is 5.01 Å². The van der Waals surface area contributed by atoms with Crippen LogP contribution < -0.4 is 14.8 Å². The molecule has 7 nitrogen and oxygen atoms in total. The van der Waals surface area contributed by atoms with Gasteiger partial charge in [-0.25, -0.2) is 9.80 Å². The van der Waals surface area contributed by atoms with E-state index in [1.54, 1.807) is 21.3 Å². The number of aromatic nitrogens is 1. The maximum absolute atomic E-state index is 12.7. The molecule has 2 heterocycles. The molecule has 36 heavy (non-hydrogen) atoms. The molecule has 0 fully saturated rings. The number of methoxy groups -OCH3 is 2. The second kappa shape index (κ2) is 9.70. The molecule has 0 saturated carbocycles. The van der Waals surface area contributed by atoms with Gasteiger partial charge in [-0.05, 0) is 42.0 Å². The van der Waals surface area contributed by atoms with Crippen LogP contribution in [0.25, 0.3) is 21.9 Å². The second-order valence-corrected chi connectivity index (χ2v) is 8.75. The maximum Gasteiger partial charge on any atom is 0.337 e. The van der Waals surface area contributed by atoms with E-state index in [-0.39, 0.29) is 12.1 Å². The van der Waals surface area contributed by atoms with E-state index in [0.717, 1.165) is 38.6 Å². The number of carbonyl (C=O) groups is 1. The van der Waals surface area contributed by atoms with Crippen molar-refractivity contribution in [1.82, 2.24) is 15.3 Å². The lowest BCUT2D eigenvalue weighted by Crippen LogP contribution is -2.41. The van der Waals surface area contributed by atoms with Crippen LogP contribution in [0.15, 0.2) is 78.2 Å². The van der Waals surface area contributed by atoms with Crippen LogP contribution in [-0.2, 0) is 6.42 Å². The van der Waals surface area contributed by atoms with Gasteiger partial charge in [0.05, 0.1) is 26.0 Å². The molecule has 182 valence electrons. The van der Waals surface area contributed by atoms with Gasteiger partial charge in [0.1, 0.15) is 0 Å². The fourth-order valence-corrected chi connectivity index (χ4v) is 4.70. The molecule has 5 rings (SSSR count). The normalized spacial score (nSPS) is 15.1. The molecule has 0 radical (unpaired) electrons. The van der Waals surface area contributed by atoms with E-state index in [1.807, 2.05) is 55.7 Å². The Balaban J connectivity index is 1.64. The van der Waals surface area contributed by atoms with Crippen molar-refractivity contribution >= 4 is 22.5 Å². The van der Waals surface area contributed by atoms with Gasteiger partial charge in [-0.2, -0.15) is 5.10 Å². The van der Waals surface area contributed by atoms with Gasteiger partial charge in [0.2, 0.25) is 0 Å². The van der Waals surface area contributed by atoms with Crippen molar-refractivity contribution in [2.75, 3.05) is 21.3 Å². The number of hydrogen-bond acceptors (Lipinski definition) is 5. The molecule has 3 aromatic carbocycles. The largest absolute Gasteiger partial charge is 0.493 e. The van der Waals surface area contributed by atoms with Crippen LogP contribution in [0.1, 0.15) is 23.6 Å². The minimum absolute atomic E-state index is 0.152. The minimum atomic E-state index is -0.259. The Morgan fingerprint density at radius 3 is 2.36 bits per heavy atom. The number of pyridine rings is 1. The van der Waals surface area contributed by atoms with E-state index < -0.39 is 0 Å². The first-order valence-electron chi connectivity index (χ1n) is 11.8. The Morgan fingerprint density at radius 2 is 1.64 bits per heavy atom. The third-order valence-electron chi connectivity index (χ3n) is 6.56. The number of nitrogens with zero attached hydrogens (tertiary/aromatic N) is 3. The summed E-state index contributed by atoms with van der Waals surface area (Å²) in [5, 5.41) is 11.3. The highest BCUT2D eigenvalue weighted by Gasteiger charge is 2.28. The van der Waals surface area contributed by atoms with Crippen LogP contribution in [0.5, 0.6) is 11.5 Å². The number of carbonyl (C=O) groups excluding carboxylic acids is 1. The Labute approximate surface area is 210 Å². The molecule has 0 spiro atoms. The van der Waals surface area contributed by atoms with E-state index >= 15 is 0 Å².